The Morgan fingerprint density at radius 1 is 0.500 bits per heavy atom. The lowest BCUT2D eigenvalue weighted by molar-refractivity contribution is -0.384. The Balaban J connectivity index is 1.78. The molecular formula is C31H21NO2. The van der Waals surface area contributed by atoms with Crippen LogP contribution in [0.5, 0.6) is 0 Å². The van der Waals surface area contributed by atoms with Crippen LogP contribution >= 0.6 is 0 Å². The van der Waals surface area contributed by atoms with Crippen molar-refractivity contribution in [1.29, 1.82) is 0 Å². The third-order valence-corrected chi connectivity index (χ3v) is 6.87. The molecule has 1 aliphatic carbocycles. The first-order chi connectivity index (χ1) is 16.7. The highest BCUT2D eigenvalue weighted by molar-refractivity contribution is 5.97. The van der Waals surface area contributed by atoms with E-state index in [0.29, 0.717) is 5.56 Å². The van der Waals surface area contributed by atoms with Gasteiger partial charge in [-0.15, -0.1) is 0 Å². The van der Waals surface area contributed by atoms with Gasteiger partial charge in [0.2, 0.25) is 0 Å². The molecule has 5 aromatic carbocycles. The molecule has 0 saturated carbocycles. The Labute approximate surface area is 198 Å². The van der Waals surface area contributed by atoms with Crippen molar-refractivity contribution in [1.82, 2.24) is 0 Å². The summed E-state index contributed by atoms with van der Waals surface area (Å²) in [6.07, 6.45) is 0. The van der Waals surface area contributed by atoms with Crippen LogP contribution in [0.3, 0.4) is 0 Å². The van der Waals surface area contributed by atoms with Crippen LogP contribution in [0.4, 0.5) is 5.69 Å². The predicted octanol–water partition coefficient (Wildman–Crippen LogP) is 7.62. The number of benzene rings is 5. The zero-order chi connectivity index (χ0) is 23.1. The van der Waals surface area contributed by atoms with Crippen molar-refractivity contribution in [2.45, 2.75) is 5.41 Å². The van der Waals surface area contributed by atoms with Crippen molar-refractivity contribution in [3.8, 4) is 22.3 Å². The smallest absolute Gasteiger partial charge is 0.258 e. The summed E-state index contributed by atoms with van der Waals surface area (Å²) in [5, 5.41) is 11.9. The van der Waals surface area contributed by atoms with Crippen molar-refractivity contribution >= 4 is 5.69 Å². The number of hydrogen-bond acceptors (Lipinski definition) is 2. The molecule has 0 atom stereocenters. The van der Waals surface area contributed by atoms with E-state index in [1.54, 1.807) is 12.1 Å². The standard InChI is InChI=1S/C31H21NO2/c33-32(34)29-21-10-8-16-24(29)25-18-11-20-28-30(25)26-17-7-9-19-27(26)31(28,22-12-3-1-4-13-22)23-14-5-2-6-15-23/h1-21H. The van der Waals surface area contributed by atoms with Crippen LogP contribution in [-0.2, 0) is 5.41 Å². The normalized spacial score (nSPS) is 13.2. The molecule has 3 nitrogen and oxygen atoms in total. The molecule has 0 spiro atoms. The minimum absolute atomic E-state index is 0.116. The number of hydrogen-bond donors (Lipinski definition) is 0. The molecule has 162 valence electrons. The van der Waals surface area contributed by atoms with Crippen molar-refractivity contribution in [2.75, 3.05) is 0 Å². The lowest BCUT2D eigenvalue weighted by Crippen LogP contribution is -2.28. The number of para-hydroxylation sites is 1. The molecule has 0 aliphatic heterocycles. The van der Waals surface area contributed by atoms with E-state index >= 15 is 0 Å². The van der Waals surface area contributed by atoms with E-state index in [-0.39, 0.29) is 10.6 Å². The number of nitrogens with zero attached hydrogens (tertiary/aromatic N) is 1. The molecule has 0 bridgehead atoms. The van der Waals surface area contributed by atoms with Crippen LogP contribution in [0.1, 0.15) is 22.3 Å². The second kappa shape index (κ2) is 7.82. The molecule has 0 N–H and O–H groups in total. The van der Waals surface area contributed by atoms with Gasteiger partial charge in [-0.1, -0.05) is 115 Å². The van der Waals surface area contributed by atoms with Crippen LogP contribution in [0.2, 0.25) is 0 Å². The van der Waals surface area contributed by atoms with E-state index in [1.165, 1.54) is 16.7 Å². The number of fused-ring (bicyclic) bond motifs is 3. The van der Waals surface area contributed by atoms with Gasteiger partial charge >= 0.3 is 0 Å². The Morgan fingerprint density at radius 2 is 1.00 bits per heavy atom. The summed E-state index contributed by atoms with van der Waals surface area (Å²) in [6, 6.07) is 42.8. The van der Waals surface area contributed by atoms with Gasteiger partial charge in [0.15, 0.2) is 0 Å². The van der Waals surface area contributed by atoms with Crippen molar-refractivity contribution < 1.29 is 4.92 Å². The fourth-order valence-electron chi connectivity index (χ4n) is 5.58. The van der Waals surface area contributed by atoms with Crippen LogP contribution < -0.4 is 0 Å². The molecular weight excluding hydrogens is 418 g/mol. The molecule has 0 radical (unpaired) electrons. The number of nitro groups is 1. The second-order valence-electron chi connectivity index (χ2n) is 8.53. The summed E-state index contributed by atoms with van der Waals surface area (Å²) in [5.74, 6) is 0. The van der Waals surface area contributed by atoms with E-state index in [9.17, 15) is 10.1 Å². The van der Waals surface area contributed by atoms with Gasteiger partial charge in [0.05, 0.1) is 15.9 Å². The van der Waals surface area contributed by atoms with E-state index in [2.05, 4.69) is 72.8 Å². The largest absolute Gasteiger partial charge is 0.277 e. The minimum Gasteiger partial charge on any atom is -0.258 e. The summed E-state index contributed by atoms with van der Waals surface area (Å²) >= 11 is 0. The predicted molar refractivity (Wildman–Crippen MR) is 136 cm³/mol. The third kappa shape index (κ3) is 2.77. The molecule has 0 unspecified atom stereocenters. The Bertz CT molecular complexity index is 1480. The minimum atomic E-state index is -0.520. The van der Waals surface area contributed by atoms with Crippen LogP contribution in [0.25, 0.3) is 22.3 Å². The molecule has 0 fully saturated rings. The summed E-state index contributed by atoms with van der Waals surface area (Å²) in [6.45, 7) is 0. The van der Waals surface area contributed by atoms with Gasteiger partial charge in [0.1, 0.15) is 0 Å². The zero-order valence-electron chi connectivity index (χ0n) is 18.4. The first kappa shape index (κ1) is 20.1. The first-order valence-corrected chi connectivity index (χ1v) is 11.3. The van der Waals surface area contributed by atoms with Gasteiger partial charge in [-0.05, 0) is 45.0 Å². The summed E-state index contributed by atoms with van der Waals surface area (Å²) in [4.78, 5) is 11.6. The highest BCUT2D eigenvalue weighted by Crippen LogP contribution is 2.58. The molecule has 1 aliphatic rings. The van der Waals surface area contributed by atoms with Gasteiger partial charge in [0, 0.05) is 6.07 Å². The highest BCUT2D eigenvalue weighted by atomic mass is 16.6. The molecule has 6 rings (SSSR count). The van der Waals surface area contributed by atoms with Gasteiger partial charge in [-0.3, -0.25) is 10.1 Å². The monoisotopic (exact) mass is 439 g/mol. The number of nitro benzene ring substituents is 1. The highest BCUT2D eigenvalue weighted by Gasteiger charge is 2.46. The topological polar surface area (TPSA) is 43.1 Å². The average molecular weight is 440 g/mol. The Hall–Kier alpha value is -4.50. The fourth-order valence-corrected chi connectivity index (χ4v) is 5.58. The maximum atomic E-state index is 11.9. The van der Waals surface area contributed by atoms with Crippen molar-refractivity contribution in [2.24, 2.45) is 0 Å². The van der Waals surface area contributed by atoms with E-state index in [4.69, 9.17) is 0 Å². The Kier molecular flexibility index (Phi) is 4.63. The maximum Gasteiger partial charge on any atom is 0.277 e. The van der Waals surface area contributed by atoms with E-state index in [0.717, 1.165) is 22.3 Å². The van der Waals surface area contributed by atoms with Crippen molar-refractivity contribution in [3.05, 3.63) is 160 Å². The maximum absolute atomic E-state index is 11.9. The lowest BCUT2D eigenvalue weighted by atomic mass is 9.67. The second-order valence-corrected chi connectivity index (χ2v) is 8.53. The molecule has 0 heterocycles. The molecule has 0 aromatic heterocycles. The van der Waals surface area contributed by atoms with Gasteiger partial charge in [-0.2, -0.15) is 0 Å². The van der Waals surface area contributed by atoms with Crippen LogP contribution in [-0.4, -0.2) is 4.92 Å². The number of rotatable bonds is 4. The summed E-state index contributed by atoms with van der Waals surface area (Å²) in [5.41, 5.74) is 7.95. The summed E-state index contributed by atoms with van der Waals surface area (Å²) < 4.78 is 0. The molecule has 3 heteroatoms. The average Bonchev–Trinajstić information content (AvgIpc) is 3.21. The van der Waals surface area contributed by atoms with Crippen molar-refractivity contribution in [3.63, 3.8) is 0 Å². The first-order valence-electron chi connectivity index (χ1n) is 11.3. The molecule has 5 aromatic rings. The van der Waals surface area contributed by atoms with Gasteiger partial charge in [-0.25, -0.2) is 0 Å². The van der Waals surface area contributed by atoms with Crippen LogP contribution in [0.15, 0.2) is 127 Å². The third-order valence-electron chi connectivity index (χ3n) is 6.87. The zero-order valence-corrected chi connectivity index (χ0v) is 18.4. The SMILES string of the molecule is O=[N+]([O-])c1ccccc1-c1cccc2c1-c1ccccc1C2(c1ccccc1)c1ccccc1. The van der Waals surface area contributed by atoms with Gasteiger partial charge in [0.25, 0.3) is 5.69 Å². The summed E-state index contributed by atoms with van der Waals surface area (Å²) in [7, 11) is 0. The quantitative estimate of drug-likeness (QED) is 0.209. The molecule has 34 heavy (non-hydrogen) atoms. The molecule has 0 amide bonds. The fraction of sp³-hybridized carbons (Fsp3) is 0.0323. The van der Waals surface area contributed by atoms with E-state index in [1.807, 2.05) is 42.5 Å². The Morgan fingerprint density at radius 3 is 1.65 bits per heavy atom. The lowest BCUT2D eigenvalue weighted by Gasteiger charge is -2.33. The van der Waals surface area contributed by atoms with Gasteiger partial charge < -0.3 is 0 Å². The van der Waals surface area contributed by atoms with Crippen LogP contribution in [0, 0.1) is 10.1 Å². The molecule has 0 saturated heterocycles. The van der Waals surface area contributed by atoms with E-state index < -0.39 is 5.41 Å².